The maximum Gasteiger partial charge on any atom is 0.141 e. The number of piperidine rings is 1. The molecule has 1 unspecified atom stereocenters. The van der Waals surface area contributed by atoms with Gasteiger partial charge in [0.15, 0.2) is 0 Å². The first-order valence-electron chi connectivity index (χ1n) is 17.6. The van der Waals surface area contributed by atoms with Crippen molar-refractivity contribution < 1.29 is 9.13 Å². The second kappa shape index (κ2) is 15.3. The number of fused-ring (bicyclic) bond motifs is 1. The number of nitrogens with one attached hydrogen (secondary N) is 2. The minimum absolute atomic E-state index is 0.0337. The first-order chi connectivity index (χ1) is 25.1. The Morgan fingerprint density at radius 3 is 2.48 bits per heavy atom. The maximum absolute atomic E-state index is 14.0. The topological polar surface area (TPSA) is 107 Å². The van der Waals surface area contributed by atoms with Crippen LogP contribution in [0.4, 0.5) is 21.5 Å². The van der Waals surface area contributed by atoms with Crippen molar-refractivity contribution in [1.29, 1.82) is 5.26 Å². The van der Waals surface area contributed by atoms with E-state index in [0.29, 0.717) is 51.8 Å². The number of morpholine rings is 1. The number of pyridine rings is 1. The second-order valence-corrected chi connectivity index (χ2v) is 15.3. The monoisotopic (exact) mass is 741 g/mol. The van der Waals surface area contributed by atoms with Crippen LogP contribution < -0.4 is 10.6 Å². The van der Waals surface area contributed by atoms with Crippen molar-refractivity contribution >= 4 is 51.2 Å². The molecule has 270 valence electrons. The van der Waals surface area contributed by atoms with Gasteiger partial charge in [0.05, 0.1) is 58.3 Å². The van der Waals surface area contributed by atoms with Gasteiger partial charge in [0.1, 0.15) is 17.6 Å². The minimum atomic E-state index is -0.533. The lowest BCUT2D eigenvalue weighted by molar-refractivity contribution is 0.0340. The van der Waals surface area contributed by atoms with Crippen molar-refractivity contribution in [3.05, 3.63) is 105 Å². The van der Waals surface area contributed by atoms with E-state index < -0.39 is 5.82 Å². The lowest BCUT2D eigenvalue weighted by Crippen LogP contribution is -2.46. The number of ether oxygens (including phenoxy) is 1. The van der Waals surface area contributed by atoms with Crippen LogP contribution in [0.1, 0.15) is 68.1 Å². The Morgan fingerprint density at radius 1 is 1.00 bits per heavy atom. The number of nitriles is 1. The van der Waals surface area contributed by atoms with Crippen LogP contribution in [-0.4, -0.2) is 74.7 Å². The van der Waals surface area contributed by atoms with Gasteiger partial charge in [-0.2, -0.15) is 5.26 Å². The highest BCUT2D eigenvalue weighted by molar-refractivity contribution is 6.36. The first kappa shape index (κ1) is 36.1. The van der Waals surface area contributed by atoms with E-state index in [0.717, 1.165) is 56.8 Å². The third-order valence-corrected chi connectivity index (χ3v) is 10.6. The van der Waals surface area contributed by atoms with E-state index in [1.165, 1.54) is 23.9 Å². The van der Waals surface area contributed by atoms with Crippen molar-refractivity contribution in [2.24, 2.45) is 0 Å². The molecule has 2 aromatic heterocycles. The molecule has 2 aliphatic rings. The Kier molecular flexibility index (Phi) is 10.6. The Morgan fingerprint density at radius 2 is 1.75 bits per heavy atom. The highest BCUT2D eigenvalue weighted by Crippen LogP contribution is 2.38. The fourth-order valence-electron chi connectivity index (χ4n) is 7.12. The summed E-state index contributed by atoms with van der Waals surface area (Å²) >= 11 is 13.0. The number of halogens is 3. The zero-order valence-electron chi connectivity index (χ0n) is 29.5. The molecule has 2 saturated heterocycles. The van der Waals surface area contributed by atoms with Gasteiger partial charge in [0, 0.05) is 61.2 Å². The highest BCUT2D eigenvalue weighted by Gasteiger charge is 2.30. The van der Waals surface area contributed by atoms with Crippen molar-refractivity contribution in [2.45, 2.75) is 57.8 Å². The predicted molar refractivity (Wildman–Crippen MR) is 204 cm³/mol. The van der Waals surface area contributed by atoms with Crippen molar-refractivity contribution in [3.8, 4) is 6.07 Å². The van der Waals surface area contributed by atoms with Crippen LogP contribution in [0.25, 0.3) is 10.9 Å². The standard InChI is InChI=1S/C39H42Cl2FN9O/c1-39(2,3)50-12-10-29(11-13-50)51-24-35(47-48-51)38(30-7-5-4-6-25(30)23-49-14-16-52-17-15-49)46-28-18-31-36(45-27-8-9-34(42)32(40)19-27)26(21-43)22-44-37(31)33(41)20-28/h4-9,18-20,22,24,29,38,46H,10-17,23H2,1-3H3,(H,44,45). The Hall–Kier alpha value is -4.31. The van der Waals surface area contributed by atoms with Crippen LogP contribution in [-0.2, 0) is 11.3 Å². The van der Waals surface area contributed by atoms with E-state index in [-0.39, 0.29) is 22.6 Å². The van der Waals surface area contributed by atoms with Crippen molar-refractivity contribution in [3.63, 3.8) is 0 Å². The van der Waals surface area contributed by atoms with Crippen LogP contribution in [0, 0.1) is 17.1 Å². The van der Waals surface area contributed by atoms with E-state index in [4.69, 9.17) is 33.0 Å². The summed E-state index contributed by atoms with van der Waals surface area (Å²) in [5.41, 5.74) is 5.67. The normalized spacial score (nSPS) is 16.9. The minimum Gasteiger partial charge on any atom is -0.379 e. The van der Waals surface area contributed by atoms with Crippen LogP contribution in [0.15, 0.2) is 67.0 Å². The number of hydrogen-bond donors (Lipinski definition) is 2. The summed E-state index contributed by atoms with van der Waals surface area (Å²) in [6, 6.07) is 18.6. The Balaban J connectivity index is 1.27. The molecule has 4 heterocycles. The highest BCUT2D eigenvalue weighted by atomic mass is 35.5. The summed E-state index contributed by atoms with van der Waals surface area (Å²) in [5.74, 6) is -0.533. The third kappa shape index (κ3) is 7.87. The molecular formula is C39H42Cl2FN9O. The first-order valence-corrected chi connectivity index (χ1v) is 18.4. The number of nitrogens with zero attached hydrogens (tertiary/aromatic N) is 7. The lowest BCUT2D eigenvalue weighted by Gasteiger charge is -2.40. The quantitative estimate of drug-likeness (QED) is 0.154. The molecule has 2 N–H and O–H groups in total. The lowest BCUT2D eigenvalue weighted by atomic mass is 9.96. The molecule has 7 rings (SSSR count). The average Bonchev–Trinajstić information content (AvgIpc) is 3.63. The summed E-state index contributed by atoms with van der Waals surface area (Å²) in [7, 11) is 0. The number of rotatable bonds is 9. The van der Waals surface area contributed by atoms with Gasteiger partial charge in [-0.05, 0) is 75.1 Å². The molecule has 0 bridgehead atoms. The predicted octanol–water partition coefficient (Wildman–Crippen LogP) is 8.36. The number of benzene rings is 3. The smallest absolute Gasteiger partial charge is 0.141 e. The Labute approximate surface area is 313 Å². The van der Waals surface area contributed by atoms with E-state index in [9.17, 15) is 9.65 Å². The molecule has 10 nitrogen and oxygen atoms in total. The molecule has 52 heavy (non-hydrogen) atoms. The van der Waals surface area contributed by atoms with Gasteiger partial charge in [-0.3, -0.25) is 14.8 Å². The van der Waals surface area contributed by atoms with Gasteiger partial charge in [-0.15, -0.1) is 5.10 Å². The van der Waals surface area contributed by atoms with Gasteiger partial charge >= 0.3 is 0 Å². The summed E-state index contributed by atoms with van der Waals surface area (Å²) in [6.07, 6.45) is 5.54. The van der Waals surface area contributed by atoms with Gasteiger partial charge < -0.3 is 15.4 Å². The summed E-state index contributed by atoms with van der Waals surface area (Å²) < 4.78 is 21.7. The van der Waals surface area contributed by atoms with E-state index in [1.54, 1.807) is 6.07 Å². The van der Waals surface area contributed by atoms with Gasteiger partial charge in [-0.1, -0.05) is 52.7 Å². The average molecular weight is 743 g/mol. The fourth-order valence-corrected chi connectivity index (χ4v) is 7.57. The molecule has 0 saturated carbocycles. The molecule has 0 spiro atoms. The molecule has 2 aliphatic heterocycles. The largest absolute Gasteiger partial charge is 0.379 e. The number of hydrogen-bond acceptors (Lipinski definition) is 9. The van der Waals surface area contributed by atoms with E-state index in [2.05, 4.69) is 81.9 Å². The number of aromatic nitrogens is 4. The zero-order valence-corrected chi connectivity index (χ0v) is 31.1. The van der Waals surface area contributed by atoms with Crippen molar-refractivity contribution in [2.75, 3.05) is 50.0 Å². The molecule has 2 fully saturated rings. The molecule has 3 aromatic carbocycles. The number of anilines is 3. The van der Waals surface area contributed by atoms with Gasteiger partial charge in [0.25, 0.3) is 0 Å². The molecule has 13 heteroatoms. The van der Waals surface area contributed by atoms with Crippen LogP contribution in [0.5, 0.6) is 0 Å². The molecule has 1 atom stereocenters. The third-order valence-electron chi connectivity index (χ3n) is 10.0. The molecule has 0 amide bonds. The Bertz CT molecular complexity index is 2100. The molecule has 5 aromatic rings. The fraction of sp³-hybridized carbons (Fsp3) is 0.385. The van der Waals surface area contributed by atoms with Crippen LogP contribution in [0.2, 0.25) is 10.0 Å². The van der Waals surface area contributed by atoms with E-state index >= 15 is 0 Å². The molecular weight excluding hydrogens is 700 g/mol. The van der Waals surface area contributed by atoms with Gasteiger partial charge in [-0.25, -0.2) is 9.07 Å². The molecule has 0 radical (unpaired) electrons. The summed E-state index contributed by atoms with van der Waals surface area (Å²) in [6.45, 7) is 12.7. The van der Waals surface area contributed by atoms with Crippen LogP contribution in [0.3, 0.4) is 0 Å². The zero-order chi connectivity index (χ0) is 36.4. The molecule has 0 aliphatic carbocycles. The SMILES string of the molecule is CC(C)(C)N1CCC(n2cc(C(Nc3cc(Cl)c4ncc(C#N)c(Nc5ccc(F)c(Cl)c5)c4c3)c3ccccc3CN3CCOCC3)nn2)CC1. The van der Waals surface area contributed by atoms with Gasteiger partial charge in [0.2, 0.25) is 0 Å². The van der Waals surface area contributed by atoms with Crippen LogP contribution >= 0.6 is 23.2 Å². The summed E-state index contributed by atoms with van der Waals surface area (Å²) in [5, 5.41) is 27.5. The maximum atomic E-state index is 14.0. The summed E-state index contributed by atoms with van der Waals surface area (Å²) in [4.78, 5) is 9.45. The van der Waals surface area contributed by atoms with Crippen molar-refractivity contribution in [1.82, 2.24) is 29.8 Å². The van der Waals surface area contributed by atoms with E-state index in [1.807, 2.05) is 22.9 Å². The number of likely N-dealkylation sites (tertiary alicyclic amines) is 1. The second-order valence-electron chi connectivity index (χ2n) is 14.4.